The molecule has 0 aromatic heterocycles. The fraction of sp³-hybridized carbons (Fsp3) is 0.524. The quantitative estimate of drug-likeness (QED) is 0.341. The van der Waals surface area contributed by atoms with Crippen LogP contribution in [0.1, 0.15) is 37.8 Å². The molecular weight excluding hydrogens is 422 g/mol. The van der Waals surface area contributed by atoms with Gasteiger partial charge in [-0.2, -0.15) is 5.26 Å². The van der Waals surface area contributed by atoms with Crippen molar-refractivity contribution in [3.8, 4) is 11.8 Å². The Balaban J connectivity index is 2.24. The minimum absolute atomic E-state index is 0.0548. The number of carbonyl (C=O) groups excluding carboxylic acids is 1. The molecule has 0 spiro atoms. The molecule has 11 nitrogen and oxygen atoms in total. The molecule has 0 radical (unpaired) electrons. The Morgan fingerprint density at radius 2 is 1.62 bits per heavy atom. The van der Waals surface area contributed by atoms with E-state index in [2.05, 4.69) is 5.32 Å². The maximum absolute atomic E-state index is 11.7. The van der Waals surface area contributed by atoms with Gasteiger partial charge in [0.2, 0.25) is 5.91 Å². The molecule has 32 heavy (non-hydrogen) atoms. The molecule has 176 valence electrons. The van der Waals surface area contributed by atoms with Gasteiger partial charge in [0.05, 0.1) is 45.1 Å². The first-order valence-electron chi connectivity index (χ1n) is 10.2. The second-order valence-electron chi connectivity index (χ2n) is 6.60. The minimum atomic E-state index is -1.55. The number of nitrogens with zero attached hydrogens (tertiary/aromatic N) is 2. The third-order valence-electron chi connectivity index (χ3n) is 4.22. The van der Waals surface area contributed by atoms with Crippen molar-refractivity contribution in [3.05, 3.63) is 29.8 Å². The van der Waals surface area contributed by atoms with Crippen LogP contribution < -0.4 is 10.1 Å². The van der Waals surface area contributed by atoms with Crippen LogP contribution in [0.25, 0.3) is 0 Å². The Morgan fingerprint density at radius 1 is 1.03 bits per heavy atom. The molecule has 0 aliphatic rings. The van der Waals surface area contributed by atoms with Crippen molar-refractivity contribution in [1.82, 2.24) is 10.2 Å². The van der Waals surface area contributed by atoms with E-state index >= 15 is 0 Å². The van der Waals surface area contributed by atoms with E-state index in [9.17, 15) is 14.4 Å². The number of amides is 3. The first kappa shape index (κ1) is 26.7. The van der Waals surface area contributed by atoms with Gasteiger partial charge in [-0.1, -0.05) is 25.5 Å². The standard InChI is InChI=1S/C21H29N3O8/c1-2-3-18(23-19(25)8-9-22)16-4-6-17(7-5-16)32-15-14-31-13-12-30-11-10-24(20(26)27)21(28)29/h4-7,18H,2-3,8,10-15H2,1H3,(H,23,25)(H,26,27)(H,28,29). The number of hydrogen-bond donors (Lipinski definition) is 3. The lowest BCUT2D eigenvalue weighted by Crippen LogP contribution is -2.37. The van der Waals surface area contributed by atoms with Gasteiger partial charge in [0.25, 0.3) is 0 Å². The van der Waals surface area contributed by atoms with E-state index in [-0.39, 0.29) is 49.6 Å². The van der Waals surface area contributed by atoms with Crippen LogP contribution in [0.15, 0.2) is 24.3 Å². The van der Waals surface area contributed by atoms with Gasteiger partial charge in [-0.3, -0.25) is 4.79 Å². The molecule has 0 saturated heterocycles. The van der Waals surface area contributed by atoms with Crippen LogP contribution in [-0.4, -0.2) is 72.8 Å². The van der Waals surface area contributed by atoms with Crippen molar-refractivity contribution in [2.75, 3.05) is 39.6 Å². The Hall–Kier alpha value is -3.36. The summed E-state index contributed by atoms with van der Waals surface area (Å²) >= 11 is 0. The largest absolute Gasteiger partial charge is 0.491 e. The van der Waals surface area contributed by atoms with E-state index in [0.29, 0.717) is 19.0 Å². The van der Waals surface area contributed by atoms with Gasteiger partial charge in [0.1, 0.15) is 18.8 Å². The summed E-state index contributed by atoms with van der Waals surface area (Å²) in [7, 11) is 0. The normalized spacial score (nSPS) is 11.2. The zero-order valence-electron chi connectivity index (χ0n) is 18.0. The van der Waals surface area contributed by atoms with Crippen molar-refractivity contribution in [1.29, 1.82) is 5.26 Å². The van der Waals surface area contributed by atoms with Crippen LogP contribution >= 0.6 is 0 Å². The predicted octanol–water partition coefficient (Wildman–Crippen LogP) is 2.63. The summed E-state index contributed by atoms with van der Waals surface area (Å²) in [5.74, 6) is 0.350. The number of imide groups is 1. The Labute approximate surface area is 186 Å². The van der Waals surface area contributed by atoms with E-state index in [0.717, 1.165) is 18.4 Å². The first-order valence-corrected chi connectivity index (χ1v) is 10.2. The second-order valence-corrected chi connectivity index (χ2v) is 6.60. The molecule has 1 atom stereocenters. The van der Waals surface area contributed by atoms with E-state index < -0.39 is 12.2 Å². The van der Waals surface area contributed by atoms with E-state index in [1.54, 1.807) is 12.1 Å². The fourth-order valence-corrected chi connectivity index (χ4v) is 2.69. The van der Waals surface area contributed by atoms with Crippen molar-refractivity contribution < 1.29 is 38.8 Å². The van der Waals surface area contributed by atoms with Crippen molar-refractivity contribution in [2.24, 2.45) is 0 Å². The SMILES string of the molecule is CCCC(NC(=O)CC#N)c1ccc(OCCOCCOCCN(C(=O)O)C(=O)O)cc1. The highest BCUT2D eigenvalue weighted by molar-refractivity contribution is 5.85. The molecule has 0 bridgehead atoms. The first-order chi connectivity index (χ1) is 15.4. The molecule has 1 aromatic carbocycles. The molecule has 0 aliphatic carbocycles. The summed E-state index contributed by atoms with van der Waals surface area (Å²) in [6, 6.07) is 9.02. The van der Waals surface area contributed by atoms with Gasteiger partial charge in [-0.25, -0.2) is 14.5 Å². The minimum Gasteiger partial charge on any atom is -0.491 e. The van der Waals surface area contributed by atoms with Crippen LogP contribution in [-0.2, 0) is 14.3 Å². The molecule has 1 aromatic rings. The lowest BCUT2D eigenvalue weighted by molar-refractivity contribution is -0.120. The van der Waals surface area contributed by atoms with E-state index in [4.69, 9.17) is 29.7 Å². The maximum Gasteiger partial charge on any atom is 0.416 e. The van der Waals surface area contributed by atoms with Crippen LogP contribution in [0.5, 0.6) is 5.75 Å². The molecule has 0 aliphatic heterocycles. The zero-order valence-corrected chi connectivity index (χ0v) is 18.0. The maximum atomic E-state index is 11.7. The lowest BCUT2D eigenvalue weighted by Gasteiger charge is -2.18. The van der Waals surface area contributed by atoms with Crippen LogP contribution in [0.3, 0.4) is 0 Å². The van der Waals surface area contributed by atoms with Crippen LogP contribution in [0, 0.1) is 11.3 Å². The van der Waals surface area contributed by atoms with Gasteiger partial charge in [-0.15, -0.1) is 0 Å². The summed E-state index contributed by atoms with van der Waals surface area (Å²) in [5.41, 5.74) is 0.934. The Bertz CT molecular complexity index is 749. The molecule has 11 heteroatoms. The molecule has 0 fully saturated rings. The fourth-order valence-electron chi connectivity index (χ4n) is 2.69. The average molecular weight is 451 g/mol. The van der Waals surface area contributed by atoms with Crippen molar-refractivity contribution >= 4 is 18.1 Å². The van der Waals surface area contributed by atoms with Crippen molar-refractivity contribution in [2.45, 2.75) is 32.2 Å². The molecular formula is C21H29N3O8. The third kappa shape index (κ3) is 10.6. The van der Waals surface area contributed by atoms with Gasteiger partial charge in [0, 0.05) is 0 Å². The second kappa shape index (κ2) is 15.4. The van der Waals surface area contributed by atoms with E-state index in [1.807, 2.05) is 25.1 Å². The van der Waals surface area contributed by atoms with Gasteiger partial charge < -0.3 is 29.7 Å². The number of carboxylic acid groups (broad SMARTS) is 2. The summed E-state index contributed by atoms with van der Waals surface area (Å²) in [6.45, 7) is 2.76. The van der Waals surface area contributed by atoms with E-state index in [1.165, 1.54) is 0 Å². The molecule has 3 amide bonds. The topological polar surface area (TPSA) is 158 Å². The van der Waals surface area contributed by atoms with Crippen LogP contribution in [0.4, 0.5) is 9.59 Å². The number of nitriles is 1. The Kier molecular flexibility index (Phi) is 12.9. The highest BCUT2D eigenvalue weighted by Gasteiger charge is 2.18. The summed E-state index contributed by atoms with van der Waals surface area (Å²) in [6.07, 6.45) is -1.62. The van der Waals surface area contributed by atoms with Crippen molar-refractivity contribution in [3.63, 3.8) is 0 Å². The molecule has 3 N–H and O–H groups in total. The van der Waals surface area contributed by atoms with Gasteiger partial charge in [0.15, 0.2) is 0 Å². The average Bonchev–Trinajstić information content (AvgIpc) is 2.75. The molecule has 0 heterocycles. The summed E-state index contributed by atoms with van der Waals surface area (Å²) in [5, 5.41) is 28.9. The number of nitrogens with one attached hydrogen (secondary N) is 1. The lowest BCUT2D eigenvalue weighted by atomic mass is 10.0. The Morgan fingerprint density at radius 3 is 2.19 bits per heavy atom. The van der Waals surface area contributed by atoms with Gasteiger partial charge in [-0.05, 0) is 24.1 Å². The summed E-state index contributed by atoms with van der Waals surface area (Å²) < 4.78 is 16.1. The zero-order chi connectivity index (χ0) is 23.8. The number of benzene rings is 1. The molecule has 0 saturated carbocycles. The monoisotopic (exact) mass is 451 g/mol. The highest BCUT2D eigenvalue weighted by atomic mass is 16.5. The smallest absolute Gasteiger partial charge is 0.416 e. The molecule has 1 unspecified atom stereocenters. The number of rotatable bonds is 15. The predicted molar refractivity (Wildman–Crippen MR) is 112 cm³/mol. The third-order valence-corrected chi connectivity index (χ3v) is 4.22. The van der Waals surface area contributed by atoms with Gasteiger partial charge >= 0.3 is 12.2 Å². The molecule has 1 rings (SSSR count). The number of ether oxygens (including phenoxy) is 3. The highest BCUT2D eigenvalue weighted by Crippen LogP contribution is 2.21. The number of carbonyl (C=O) groups is 3. The van der Waals surface area contributed by atoms with Crippen LogP contribution in [0.2, 0.25) is 0 Å². The summed E-state index contributed by atoms with van der Waals surface area (Å²) in [4.78, 5) is 33.3. The number of hydrogen-bond acceptors (Lipinski definition) is 7.